The molecular formula is C13H14BrN. The van der Waals surface area contributed by atoms with Crippen LogP contribution in [0.15, 0.2) is 47.6 Å². The molecule has 2 aromatic rings. The van der Waals surface area contributed by atoms with E-state index in [-0.39, 0.29) is 0 Å². The zero-order chi connectivity index (χ0) is 10.7. The molecule has 2 heteroatoms. The van der Waals surface area contributed by atoms with E-state index in [0.717, 1.165) is 24.0 Å². The zero-order valence-electron chi connectivity index (χ0n) is 8.62. The fourth-order valence-electron chi connectivity index (χ4n) is 1.80. The molecule has 0 aliphatic heterocycles. The first-order chi connectivity index (χ1) is 7.33. The second-order valence-corrected chi connectivity index (χ2v) is 4.42. The second-order valence-electron chi connectivity index (χ2n) is 3.61. The molecule has 15 heavy (non-hydrogen) atoms. The van der Waals surface area contributed by atoms with Crippen LogP contribution in [0.2, 0.25) is 0 Å². The molecule has 0 atom stereocenters. The summed E-state index contributed by atoms with van der Waals surface area (Å²) in [5.74, 6) is 0. The van der Waals surface area contributed by atoms with Crippen molar-refractivity contribution in [3.63, 3.8) is 0 Å². The molecule has 0 aliphatic rings. The summed E-state index contributed by atoms with van der Waals surface area (Å²) in [4.78, 5) is 0. The van der Waals surface area contributed by atoms with Crippen molar-refractivity contribution in [1.29, 1.82) is 0 Å². The Morgan fingerprint density at radius 1 is 1.33 bits per heavy atom. The Labute approximate surface area is 98.5 Å². The van der Waals surface area contributed by atoms with Crippen LogP contribution in [0.4, 0.5) is 0 Å². The van der Waals surface area contributed by atoms with Gasteiger partial charge in [-0.15, -0.1) is 6.58 Å². The molecule has 1 aromatic heterocycles. The predicted octanol–water partition coefficient (Wildman–Crippen LogP) is 4.37. The second kappa shape index (κ2) is 4.67. The summed E-state index contributed by atoms with van der Waals surface area (Å²) in [5.41, 5.74) is 1.30. The number of hydrogen-bond acceptors (Lipinski definition) is 0. The van der Waals surface area contributed by atoms with Gasteiger partial charge in [0.1, 0.15) is 0 Å². The molecule has 0 bridgehead atoms. The number of allylic oxidation sites excluding steroid dienone is 1. The number of aryl methyl sites for hydroxylation is 1. The minimum Gasteiger partial charge on any atom is -0.335 e. The Morgan fingerprint density at radius 2 is 2.13 bits per heavy atom. The standard InChI is InChI=1S/C13H14BrN/c1-2-3-6-9-15-12-8-5-4-7-11(12)10-13(15)14/h2,4-5,7-8,10H,1,3,6,9H2. The van der Waals surface area contributed by atoms with Gasteiger partial charge in [-0.05, 0) is 40.9 Å². The van der Waals surface area contributed by atoms with Crippen LogP contribution in [0.1, 0.15) is 12.8 Å². The van der Waals surface area contributed by atoms with Crippen LogP contribution in [0.25, 0.3) is 10.9 Å². The summed E-state index contributed by atoms with van der Waals surface area (Å²) in [7, 11) is 0. The number of rotatable bonds is 4. The highest BCUT2D eigenvalue weighted by atomic mass is 79.9. The molecule has 0 radical (unpaired) electrons. The molecule has 1 heterocycles. The van der Waals surface area contributed by atoms with Gasteiger partial charge in [0.15, 0.2) is 0 Å². The molecule has 1 nitrogen and oxygen atoms in total. The van der Waals surface area contributed by atoms with E-state index in [1.807, 2.05) is 6.08 Å². The number of halogens is 1. The van der Waals surface area contributed by atoms with E-state index >= 15 is 0 Å². The average molecular weight is 264 g/mol. The van der Waals surface area contributed by atoms with Gasteiger partial charge in [0.2, 0.25) is 0 Å². The molecule has 0 N–H and O–H groups in total. The summed E-state index contributed by atoms with van der Waals surface area (Å²) in [5, 5.41) is 1.29. The summed E-state index contributed by atoms with van der Waals surface area (Å²) in [6.45, 7) is 4.79. The van der Waals surface area contributed by atoms with Crippen molar-refractivity contribution in [1.82, 2.24) is 4.57 Å². The highest BCUT2D eigenvalue weighted by Gasteiger charge is 2.04. The molecule has 0 spiro atoms. The highest BCUT2D eigenvalue weighted by molar-refractivity contribution is 9.10. The maximum absolute atomic E-state index is 3.74. The number of aromatic nitrogens is 1. The van der Waals surface area contributed by atoms with Crippen LogP contribution in [-0.2, 0) is 6.54 Å². The molecule has 0 saturated heterocycles. The van der Waals surface area contributed by atoms with Gasteiger partial charge < -0.3 is 4.57 Å². The van der Waals surface area contributed by atoms with E-state index in [2.05, 4.69) is 57.4 Å². The van der Waals surface area contributed by atoms with Crippen molar-refractivity contribution in [2.45, 2.75) is 19.4 Å². The summed E-state index contributed by atoms with van der Waals surface area (Å²) in [6, 6.07) is 10.6. The summed E-state index contributed by atoms with van der Waals surface area (Å²) < 4.78 is 3.46. The lowest BCUT2D eigenvalue weighted by atomic mass is 10.2. The van der Waals surface area contributed by atoms with Gasteiger partial charge in [0.05, 0.1) is 4.60 Å². The topological polar surface area (TPSA) is 4.93 Å². The first kappa shape index (κ1) is 10.5. The maximum atomic E-state index is 3.74. The summed E-state index contributed by atoms with van der Waals surface area (Å²) >= 11 is 3.60. The number of fused-ring (bicyclic) bond motifs is 1. The normalized spacial score (nSPS) is 10.7. The van der Waals surface area contributed by atoms with E-state index in [0.29, 0.717) is 0 Å². The third kappa shape index (κ3) is 2.15. The van der Waals surface area contributed by atoms with Crippen molar-refractivity contribution in [2.24, 2.45) is 0 Å². The minimum atomic E-state index is 1.04. The monoisotopic (exact) mass is 263 g/mol. The predicted molar refractivity (Wildman–Crippen MR) is 69.1 cm³/mol. The van der Waals surface area contributed by atoms with Crippen LogP contribution < -0.4 is 0 Å². The maximum Gasteiger partial charge on any atom is 0.0857 e. The minimum absolute atomic E-state index is 1.04. The number of benzene rings is 1. The van der Waals surface area contributed by atoms with Gasteiger partial charge in [-0.3, -0.25) is 0 Å². The van der Waals surface area contributed by atoms with Crippen LogP contribution in [-0.4, -0.2) is 4.57 Å². The number of para-hydroxylation sites is 1. The Hall–Kier alpha value is -1.02. The Bertz CT molecular complexity index is 470. The van der Waals surface area contributed by atoms with Gasteiger partial charge in [0, 0.05) is 17.4 Å². The van der Waals surface area contributed by atoms with Crippen LogP contribution in [0.3, 0.4) is 0 Å². The first-order valence-corrected chi connectivity index (χ1v) is 5.97. The smallest absolute Gasteiger partial charge is 0.0857 e. The lowest BCUT2D eigenvalue weighted by molar-refractivity contribution is 0.661. The van der Waals surface area contributed by atoms with Crippen molar-refractivity contribution in [3.8, 4) is 0 Å². The Morgan fingerprint density at radius 3 is 2.93 bits per heavy atom. The molecule has 2 rings (SSSR count). The van der Waals surface area contributed by atoms with Crippen molar-refractivity contribution >= 4 is 26.8 Å². The largest absolute Gasteiger partial charge is 0.335 e. The van der Waals surface area contributed by atoms with Gasteiger partial charge in [-0.1, -0.05) is 24.3 Å². The first-order valence-electron chi connectivity index (χ1n) is 5.17. The van der Waals surface area contributed by atoms with Crippen molar-refractivity contribution in [2.75, 3.05) is 0 Å². The molecule has 0 amide bonds. The van der Waals surface area contributed by atoms with E-state index in [1.54, 1.807) is 0 Å². The van der Waals surface area contributed by atoms with Crippen LogP contribution in [0.5, 0.6) is 0 Å². The molecule has 78 valence electrons. The lowest BCUT2D eigenvalue weighted by Gasteiger charge is -2.05. The van der Waals surface area contributed by atoms with Crippen molar-refractivity contribution < 1.29 is 0 Å². The third-order valence-electron chi connectivity index (χ3n) is 2.55. The fourth-order valence-corrected chi connectivity index (χ4v) is 2.41. The zero-order valence-corrected chi connectivity index (χ0v) is 10.2. The van der Waals surface area contributed by atoms with E-state index < -0.39 is 0 Å². The number of nitrogens with zero attached hydrogens (tertiary/aromatic N) is 1. The average Bonchev–Trinajstić information content (AvgIpc) is 2.56. The summed E-state index contributed by atoms with van der Waals surface area (Å²) in [6.07, 6.45) is 4.18. The Balaban J connectivity index is 2.32. The molecular weight excluding hydrogens is 250 g/mol. The van der Waals surface area contributed by atoms with Crippen molar-refractivity contribution in [3.05, 3.63) is 47.6 Å². The third-order valence-corrected chi connectivity index (χ3v) is 3.21. The van der Waals surface area contributed by atoms with Crippen LogP contribution >= 0.6 is 15.9 Å². The molecule has 1 aromatic carbocycles. The molecule has 0 aliphatic carbocycles. The van der Waals surface area contributed by atoms with Crippen LogP contribution in [0, 0.1) is 0 Å². The van der Waals surface area contributed by atoms with Gasteiger partial charge in [0.25, 0.3) is 0 Å². The lowest BCUT2D eigenvalue weighted by Crippen LogP contribution is -1.97. The Kier molecular flexibility index (Phi) is 3.27. The molecule has 0 fully saturated rings. The van der Waals surface area contributed by atoms with Gasteiger partial charge in [-0.25, -0.2) is 0 Å². The highest BCUT2D eigenvalue weighted by Crippen LogP contribution is 2.24. The number of unbranched alkanes of at least 4 members (excludes halogenated alkanes) is 1. The molecule has 0 unspecified atom stereocenters. The van der Waals surface area contributed by atoms with Gasteiger partial charge >= 0.3 is 0 Å². The molecule has 0 saturated carbocycles. The fraction of sp³-hybridized carbons (Fsp3) is 0.231. The number of hydrogen-bond donors (Lipinski definition) is 0. The van der Waals surface area contributed by atoms with E-state index in [9.17, 15) is 0 Å². The van der Waals surface area contributed by atoms with Gasteiger partial charge in [-0.2, -0.15) is 0 Å². The van der Waals surface area contributed by atoms with E-state index in [1.165, 1.54) is 10.9 Å². The SMILES string of the molecule is C=CCCCn1c(Br)cc2ccccc21. The quantitative estimate of drug-likeness (QED) is 0.570. The van der Waals surface area contributed by atoms with E-state index in [4.69, 9.17) is 0 Å².